The van der Waals surface area contributed by atoms with E-state index in [4.69, 9.17) is 21.1 Å². The molecular formula is C30H30ClN3O3. The van der Waals surface area contributed by atoms with E-state index in [1.807, 2.05) is 42.5 Å². The molecule has 1 saturated heterocycles. The van der Waals surface area contributed by atoms with Crippen molar-refractivity contribution in [2.75, 3.05) is 26.3 Å². The zero-order valence-corrected chi connectivity index (χ0v) is 21.9. The Morgan fingerprint density at radius 2 is 1.68 bits per heavy atom. The first-order valence-electron chi connectivity index (χ1n) is 12.5. The molecule has 5 rings (SSSR count). The molecule has 37 heavy (non-hydrogen) atoms. The van der Waals surface area contributed by atoms with E-state index in [1.165, 1.54) is 11.9 Å². The Bertz CT molecular complexity index is 1430. The van der Waals surface area contributed by atoms with Crippen LogP contribution in [0.3, 0.4) is 0 Å². The lowest BCUT2D eigenvalue weighted by Gasteiger charge is -2.27. The molecule has 0 spiro atoms. The van der Waals surface area contributed by atoms with E-state index < -0.39 is 0 Å². The molecule has 0 N–H and O–H groups in total. The van der Waals surface area contributed by atoms with E-state index in [0.29, 0.717) is 23.1 Å². The second-order valence-corrected chi connectivity index (χ2v) is 9.94. The number of hydrogen-bond donors (Lipinski definition) is 0. The lowest BCUT2D eigenvalue weighted by molar-refractivity contribution is -0.117. The Hall–Kier alpha value is -3.32. The Morgan fingerprint density at radius 3 is 2.46 bits per heavy atom. The number of Topliss-reactive ketones (excluding diaryl/α,β-unsaturated/α-hetero) is 1. The second kappa shape index (κ2) is 11.4. The Labute approximate surface area is 222 Å². The van der Waals surface area contributed by atoms with Crippen LogP contribution in [0.15, 0.2) is 60.9 Å². The van der Waals surface area contributed by atoms with Gasteiger partial charge in [-0.25, -0.2) is 9.97 Å². The van der Waals surface area contributed by atoms with Gasteiger partial charge >= 0.3 is 0 Å². The first-order chi connectivity index (χ1) is 18.0. The molecule has 1 aliphatic heterocycles. The molecular weight excluding hydrogens is 486 g/mol. The van der Waals surface area contributed by atoms with Crippen molar-refractivity contribution in [1.29, 1.82) is 0 Å². The summed E-state index contributed by atoms with van der Waals surface area (Å²) in [7, 11) is 0. The van der Waals surface area contributed by atoms with E-state index >= 15 is 0 Å². The summed E-state index contributed by atoms with van der Waals surface area (Å²) < 4.78 is 11.5. The summed E-state index contributed by atoms with van der Waals surface area (Å²) in [5.41, 5.74) is 6.17. The van der Waals surface area contributed by atoms with Crippen LogP contribution >= 0.6 is 11.6 Å². The number of aryl methyl sites for hydroxylation is 2. The Balaban J connectivity index is 1.27. The fourth-order valence-electron chi connectivity index (χ4n) is 4.59. The van der Waals surface area contributed by atoms with Crippen LogP contribution < -0.4 is 4.74 Å². The van der Waals surface area contributed by atoms with Crippen LogP contribution in [0.1, 0.15) is 27.8 Å². The van der Waals surface area contributed by atoms with Crippen LogP contribution in [0.4, 0.5) is 0 Å². The monoisotopic (exact) mass is 515 g/mol. The Kier molecular flexibility index (Phi) is 7.79. The number of fused-ring (bicyclic) bond motifs is 1. The number of carbonyl (C=O) groups is 1. The fraction of sp³-hybridized carbons (Fsp3) is 0.300. The predicted octanol–water partition coefficient (Wildman–Crippen LogP) is 5.88. The molecule has 1 fully saturated rings. The maximum Gasteiger partial charge on any atom is 0.230 e. The highest BCUT2D eigenvalue weighted by molar-refractivity contribution is 6.31. The summed E-state index contributed by atoms with van der Waals surface area (Å²) in [6.45, 7) is 8.27. The van der Waals surface area contributed by atoms with E-state index in [2.05, 4.69) is 34.8 Å². The van der Waals surface area contributed by atoms with E-state index in [1.54, 1.807) is 6.07 Å². The third-order valence-corrected chi connectivity index (χ3v) is 7.20. The lowest BCUT2D eigenvalue weighted by Crippen LogP contribution is -2.35. The minimum absolute atomic E-state index is 0.123. The molecule has 0 bridgehead atoms. The van der Waals surface area contributed by atoms with Gasteiger partial charge in [-0.05, 0) is 65.9 Å². The average Bonchev–Trinajstić information content (AvgIpc) is 2.89. The molecule has 0 saturated carbocycles. The highest BCUT2D eigenvalue weighted by Gasteiger charge is 2.16. The van der Waals surface area contributed by atoms with Crippen molar-refractivity contribution in [1.82, 2.24) is 14.9 Å². The fourth-order valence-corrected chi connectivity index (χ4v) is 4.83. The van der Waals surface area contributed by atoms with Gasteiger partial charge in [-0.15, -0.1) is 0 Å². The van der Waals surface area contributed by atoms with Gasteiger partial charge in [-0.1, -0.05) is 41.9 Å². The number of hydrogen-bond acceptors (Lipinski definition) is 6. The molecule has 0 amide bonds. The van der Waals surface area contributed by atoms with Gasteiger partial charge in [0, 0.05) is 37.5 Å². The van der Waals surface area contributed by atoms with Crippen LogP contribution in [0.2, 0.25) is 5.02 Å². The summed E-state index contributed by atoms with van der Waals surface area (Å²) in [6.07, 6.45) is 2.14. The van der Waals surface area contributed by atoms with Crippen molar-refractivity contribution in [2.45, 2.75) is 33.2 Å². The number of aromatic nitrogens is 2. The number of morpholine rings is 1. The smallest absolute Gasteiger partial charge is 0.230 e. The zero-order chi connectivity index (χ0) is 25.8. The number of nitrogens with zero attached hydrogens (tertiary/aromatic N) is 3. The number of ketones is 1. The first-order valence-corrected chi connectivity index (χ1v) is 12.9. The van der Waals surface area contributed by atoms with Crippen molar-refractivity contribution in [2.24, 2.45) is 0 Å². The molecule has 190 valence electrons. The van der Waals surface area contributed by atoms with Crippen molar-refractivity contribution in [3.05, 3.63) is 93.8 Å². The van der Waals surface area contributed by atoms with Gasteiger partial charge in [0.05, 0.1) is 24.1 Å². The Morgan fingerprint density at radius 1 is 0.946 bits per heavy atom. The van der Waals surface area contributed by atoms with E-state index in [0.717, 1.165) is 66.0 Å². The summed E-state index contributed by atoms with van der Waals surface area (Å²) in [5.74, 6) is 1.16. The molecule has 0 radical (unpaired) electrons. The molecule has 1 aromatic heterocycles. The van der Waals surface area contributed by atoms with Crippen LogP contribution in [-0.2, 0) is 28.9 Å². The summed E-state index contributed by atoms with van der Waals surface area (Å²) >= 11 is 6.58. The van der Waals surface area contributed by atoms with E-state index in [-0.39, 0.29) is 12.2 Å². The van der Waals surface area contributed by atoms with Crippen molar-refractivity contribution in [3.8, 4) is 11.6 Å². The average molecular weight is 516 g/mol. The minimum Gasteiger partial charge on any atom is -0.438 e. The topological polar surface area (TPSA) is 64.6 Å². The number of carbonyl (C=O) groups excluding carboxylic acids is 1. The maximum absolute atomic E-state index is 13.0. The third-order valence-electron chi connectivity index (χ3n) is 6.84. The van der Waals surface area contributed by atoms with Crippen LogP contribution in [0.25, 0.3) is 10.9 Å². The van der Waals surface area contributed by atoms with Gasteiger partial charge in [-0.2, -0.15) is 0 Å². The second-order valence-electron chi connectivity index (χ2n) is 9.54. The molecule has 2 heterocycles. The van der Waals surface area contributed by atoms with Gasteiger partial charge in [0.1, 0.15) is 17.9 Å². The predicted molar refractivity (Wildman–Crippen MR) is 145 cm³/mol. The largest absolute Gasteiger partial charge is 0.438 e. The standard InChI is InChI=1S/C30H30ClN3O3/c1-20-13-27-29(14-21(20)2)32-19-33-30(27)37-26-8-7-23(28(31)17-26)16-25(35)15-22-5-3-4-6-24(22)18-34-9-11-36-12-10-34/h3-8,13-14,17,19H,9-12,15-16,18H2,1-2H3. The minimum atomic E-state index is 0.123. The molecule has 0 aliphatic carbocycles. The third kappa shape index (κ3) is 6.16. The van der Waals surface area contributed by atoms with Gasteiger partial charge < -0.3 is 9.47 Å². The van der Waals surface area contributed by atoms with Crippen molar-refractivity contribution in [3.63, 3.8) is 0 Å². The summed E-state index contributed by atoms with van der Waals surface area (Å²) in [5, 5.41) is 1.34. The molecule has 6 nitrogen and oxygen atoms in total. The molecule has 3 aromatic carbocycles. The number of halogens is 1. The molecule has 7 heteroatoms. The molecule has 1 aliphatic rings. The normalized spacial score (nSPS) is 14.1. The SMILES string of the molecule is Cc1cc2ncnc(Oc3ccc(CC(=O)Cc4ccccc4CN4CCOCC4)c(Cl)c3)c2cc1C. The highest BCUT2D eigenvalue weighted by Crippen LogP contribution is 2.31. The molecule has 4 aromatic rings. The van der Waals surface area contributed by atoms with Gasteiger partial charge in [0.2, 0.25) is 5.88 Å². The number of benzene rings is 3. The van der Waals surface area contributed by atoms with Crippen LogP contribution in [0, 0.1) is 13.8 Å². The molecule has 0 unspecified atom stereocenters. The molecule has 0 atom stereocenters. The van der Waals surface area contributed by atoms with Crippen molar-refractivity contribution >= 4 is 28.3 Å². The van der Waals surface area contributed by atoms with Crippen molar-refractivity contribution < 1.29 is 14.3 Å². The van der Waals surface area contributed by atoms with E-state index in [9.17, 15) is 4.79 Å². The first kappa shape index (κ1) is 25.3. The summed E-state index contributed by atoms with van der Waals surface area (Å²) in [6, 6.07) is 17.7. The summed E-state index contributed by atoms with van der Waals surface area (Å²) in [4.78, 5) is 24.1. The quantitative estimate of drug-likeness (QED) is 0.292. The lowest BCUT2D eigenvalue weighted by atomic mass is 9.98. The van der Waals surface area contributed by atoms with Gasteiger partial charge in [0.15, 0.2) is 0 Å². The number of ether oxygens (including phenoxy) is 2. The van der Waals surface area contributed by atoms with Crippen LogP contribution in [0.5, 0.6) is 11.6 Å². The van der Waals surface area contributed by atoms with Gasteiger partial charge in [-0.3, -0.25) is 9.69 Å². The zero-order valence-electron chi connectivity index (χ0n) is 21.2. The van der Waals surface area contributed by atoms with Gasteiger partial charge in [0.25, 0.3) is 0 Å². The van der Waals surface area contributed by atoms with Crippen LogP contribution in [-0.4, -0.2) is 47.0 Å². The highest BCUT2D eigenvalue weighted by atomic mass is 35.5. The number of rotatable bonds is 8. The maximum atomic E-state index is 13.0.